The second-order valence-electron chi connectivity index (χ2n) is 8.92. The van der Waals surface area contributed by atoms with Crippen LogP contribution in [-0.4, -0.2) is 24.3 Å². The fourth-order valence-electron chi connectivity index (χ4n) is 4.09. The van der Waals surface area contributed by atoms with Crippen LogP contribution >= 0.6 is 0 Å². The average Bonchev–Trinajstić information content (AvgIpc) is 2.99. The topological polar surface area (TPSA) is 113 Å². The van der Waals surface area contributed by atoms with Crippen molar-refractivity contribution in [1.82, 2.24) is 20.0 Å². The maximum absolute atomic E-state index is 13.0. The van der Waals surface area contributed by atoms with Crippen LogP contribution in [0.4, 0.5) is 5.95 Å². The molecule has 1 amide bonds. The highest BCUT2D eigenvalue weighted by Gasteiger charge is 2.16. The van der Waals surface area contributed by atoms with E-state index in [1.165, 1.54) is 0 Å². The molecule has 0 radical (unpaired) electrons. The number of hydrogen-bond acceptors (Lipinski definition) is 6. The number of nitrogens with zero attached hydrogens (tertiary/aromatic N) is 2. The molecule has 4 aromatic carbocycles. The standard InChI is InChI=1S/C30H27N5O3S/c36-29(26-15-13-23(14-16-26)20-34-30-31-17-4-18-32-30)33-19-22-9-11-24(12-10-22)21-35-39(37,38)28-8-3-6-25-5-1-2-7-27(25)28/h1-18,35H,19-21H2,(H,33,36)(H,31,32,34). The number of anilines is 1. The number of hydrogen-bond donors (Lipinski definition) is 3. The molecule has 196 valence electrons. The Morgan fingerprint density at radius 2 is 1.28 bits per heavy atom. The van der Waals surface area contributed by atoms with E-state index in [0.717, 1.165) is 22.1 Å². The molecule has 0 spiro atoms. The predicted octanol–water partition coefficient (Wildman–Crippen LogP) is 4.65. The Morgan fingerprint density at radius 3 is 2.03 bits per heavy atom. The van der Waals surface area contributed by atoms with E-state index in [-0.39, 0.29) is 17.3 Å². The van der Waals surface area contributed by atoms with Gasteiger partial charge in [0.15, 0.2) is 0 Å². The lowest BCUT2D eigenvalue weighted by Crippen LogP contribution is -2.24. The van der Waals surface area contributed by atoms with Crippen molar-refractivity contribution in [2.24, 2.45) is 0 Å². The van der Waals surface area contributed by atoms with E-state index in [0.29, 0.717) is 30.0 Å². The summed E-state index contributed by atoms with van der Waals surface area (Å²) in [5.74, 6) is 0.375. The minimum absolute atomic E-state index is 0.162. The third kappa shape index (κ3) is 6.64. The van der Waals surface area contributed by atoms with Crippen LogP contribution in [0.3, 0.4) is 0 Å². The van der Waals surface area contributed by atoms with Gasteiger partial charge >= 0.3 is 0 Å². The lowest BCUT2D eigenvalue weighted by Gasteiger charge is -2.11. The molecule has 1 aromatic heterocycles. The summed E-state index contributed by atoms with van der Waals surface area (Å²) in [4.78, 5) is 21.1. The van der Waals surface area contributed by atoms with E-state index in [1.807, 2.05) is 60.7 Å². The number of benzene rings is 4. The number of nitrogens with one attached hydrogen (secondary N) is 3. The maximum atomic E-state index is 13.0. The molecule has 0 fully saturated rings. The number of amides is 1. The zero-order chi connectivity index (χ0) is 27.1. The lowest BCUT2D eigenvalue weighted by atomic mass is 10.1. The molecule has 0 unspecified atom stereocenters. The normalized spacial score (nSPS) is 11.3. The van der Waals surface area contributed by atoms with Crippen molar-refractivity contribution in [2.45, 2.75) is 24.5 Å². The highest BCUT2D eigenvalue weighted by molar-refractivity contribution is 7.89. The summed E-state index contributed by atoms with van der Waals surface area (Å²) in [6, 6.07) is 29.2. The zero-order valence-corrected chi connectivity index (χ0v) is 21.9. The van der Waals surface area contributed by atoms with Crippen molar-refractivity contribution < 1.29 is 13.2 Å². The Bertz CT molecular complexity index is 1670. The second kappa shape index (κ2) is 11.8. The van der Waals surface area contributed by atoms with E-state index in [1.54, 1.807) is 48.8 Å². The van der Waals surface area contributed by atoms with Gasteiger partial charge < -0.3 is 10.6 Å². The van der Waals surface area contributed by atoms with Crippen molar-refractivity contribution in [3.05, 3.63) is 132 Å². The van der Waals surface area contributed by atoms with Gasteiger partial charge in [-0.2, -0.15) is 0 Å². The number of fused-ring (bicyclic) bond motifs is 1. The zero-order valence-electron chi connectivity index (χ0n) is 21.0. The molecule has 8 nitrogen and oxygen atoms in total. The largest absolute Gasteiger partial charge is 0.350 e. The summed E-state index contributed by atoms with van der Waals surface area (Å²) >= 11 is 0. The van der Waals surface area contributed by atoms with Crippen molar-refractivity contribution in [1.29, 1.82) is 0 Å². The number of sulfonamides is 1. The van der Waals surface area contributed by atoms with E-state index in [2.05, 4.69) is 25.3 Å². The molecule has 5 rings (SSSR count). The van der Waals surface area contributed by atoms with Gasteiger partial charge in [0.1, 0.15) is 0 Å². The van der Waals surface area contributed by atoms with Crippen LogP contribution in [0.2, 0.25) is 0 Å². The summed E-state index contributed by atoms with van der Waals surface area (Å²) in [7, 11) is -3.69. The van der Waals surface area contributed by atoms with Gasteiger partial charge in [0.2, 0.25) is 16.0 Å². The number of aromatic nitrogens is 2. The van der Waals surface area contributed by atoms with Crippen LogP contribution < -0.4 is 15.4 Å². The van der Waals surface area contributed by atoms with Gasteiger partial charge in [-0.15, -0.1) is 0 Å². The summed E-state index contributed by atoms with van der Waals surface area (Å²) in [5.41, 5.74) is 3.30. The molecule has 0 aliphatic rings. The molecule has 3 N–H and O–H groups in total. The number of carbonyl (C=O) groups excluding carboxylic acids is 1. The van der Waals surface area contributed by atoms with Crippen molar-refractivity contribution in [3.8, 4) is 0 Å². The molecule has 1 heterocycles. The molecule has 9 heteroatoms. The molecular weight excluding hydrogens is 510 g/mol. The lowest BCUT2D eigenvalue weighted by molar-refractivity contribution is 0.0951. The summed E-state index contributed by atoms with van der Waals surface area (Å²) in [5, 5.41) is 7.61. The molecule has 0 saturated heterocycles. The smallest absolute Gasteiger partial charge is 0.251 e. The fraction of sp³-hybridized carbons (Fsp3) is 0.100. The van der Waals surface area contributed by atoms with Gasteiger partial charge in [-0.1, -0.05) is 72.8 Å². The van der Waals surface area contributed by atoms with Crippen LogP contribution in [0.1, 0.15) is 27.0 Å². The average molecular weight is 538 g/mol. The number of carbonyl (C=O) groups is 1. The molecule has 0 aliphatic carbocycles. The van der Waals surface area contributed by atoms with E-state index >= 15 is 0 Å². The third-order valence-corrected chi connectivity index (χ3v) is 7.67. The van der Waals surface area contributed by atoms with E-state index in [4.69, 9.17) is 0 Å². The quantitative estimate of drug-likeness (QED) is 0.239. The Balaban J connectivity index is 1.12. The monoisotopic (exact) mass is 537 g/mol. The Morgan fingerprint density at radius 1 is 0.667 bits per heavy atom. The molecule has 5 aromatic rings. The van der Waals surface area contributed by atoms with Crippen molar-refractivity contribution in [3.63, 3.8) is 0 Å². The first-order chi connectivity index (χ1) is 19.0. The fourth-order valence-corrected chi connectivity index (χ4v) is 5.34. The summed E-state index contributed by atoms with van der Waals surface area (Å²) in [6.45, 7) is 1.07. The number of rotatable bonds is 10. The molecular formula is C30H27N5O3S. The maximum Gasteiger partial charge on any atom is 0.251 e. The van der Waals surface area contributed by atoms with Gasteiger partial charge in [-0.05, 0) is 46.3 Å². The van der Waals surface area contributed by atoms with Crippen molar-refractivity contribution >= 4 is 32.7 Å². The van der Waals surface area contributed by atoms with Gasteiger partial charge in [0.05, 0.1) is 4.90 Å². The van der Waals surface area contributed by atoms with Crippen molar-refractivity contribution in [2.75, 3.05) is 5.32 Å². The van der Waals surface area contributed by atoms with Gasteiger partial charge in [-0.25, -0.2) is 23.1 Å². The first kappa shape index (κ1) is 26.0. The first-order valence-corrected chi connectivity index (χ1v) is 13.9. The second-order valence-corrected chi connectivity index (χ2v) is 10.7. The van der Waals surface area contributed by atoms with Gasteiger partial charge in [-0.3, -0.25) is 4.79 Å². The van der Waals surface area contributed by atoms with Crippen LogP contribution in [-0.2, 0) is 29.7 Å². The third-order valence-electron chi connectivity index (χ3n) is 6.21. The van der Waals surface area contributed by atoms with E-state index in [9.17, 15) is 13.2 Å². The van der Waals surface area contributed by atoms with Crippen LogP contribution in [0, 0.1) is 0 Å². The Labute approximate surface area is 227 Å². The molecule has 0 bridgehead atoms. The minimum Gasteiger partial charge on any atom is -0.350 e. The highest BCUT2D eigenvalue weighted by Crippen LogP contribution is 2.22. The molecule has 39 heavy (non-hydrogen) atoms. The van der Waals surface area contributed by atoms with Crippen LogP contribution in [0.25, 0.3) is 10.8 Å². The van der Waals surface area contributed by atoms with Crippen LogP contribution in [0.15, 0.2) is 114 Å². The summed E-state index contributed by atoms with van der Waals surface area (Å²) in [6.07, 6.45) is 3.34. The van der Waals surface area contributed by atoms with E-state index < -0.39 is 10.0 Å². The SMILES string of the molecule is O=C(NCc1ccc(CNS(=O)(=O)c2cccc3ccccc23)cc1)c1ccc(CNc2ncccn2)cc1. The molecule has 0 saturated carbocycles. The van der Waals surface area contributed by atoms with Gasteiger partial charge in [0, 0.05) is 43.0 Å². The summed E-state index contributed by atoms with van der Waals surface area (Å²) < 4.78 is 28.6. The minimum atomic E-state index is -3.69. The van der Waals surface area contributed by atoms with Crippen LogP contribution in [0.5, 0.6) is 0 Å². The molecule has 0 aliphatic heterocycles. The Hall–Kier alpha value is -4.60. The predicted molar refractivity (Wildman–Crippen MR) is 151 cm³/mol. The highest BCUT2D eigenvalue weighted by atomic mass is 32.2. The molecule has 0 atom stereocenters. The Kier molecular flexibility index (Phi) is 7.91. The first-order valence-electron chi connectivity index (χ1n) is 12.4. The van der Waals surface area contributed by atoms with Gasteiger partial charge in [0.25, 0.3) is 5.91 Å².